The molecule has 0 radical (unpaired) electrons. The van der Waals surface area contributed by atoms with Crippen molar-refractivity contribution < 1.29 is 10.2 Å². The predicted octanol–water partition coefficient (Wildman–Crippen LogP) is 8.38. The second kappa shape index (κ2) is 9.38. The van der Waals surface area contributed by atoms with Crippen LogP contribution in [0.4, 0.5) is 11.4 Å². The van der Waals surface area contributed by atoms with Crippen molar-refractivity contribution in [3.63, 3.8) is 0 Å². The van der Waals surface area contributed by atoms with Gasteiger partial charge < -0.3 is 21.7 Å². The van der Waals surface area contributed by atoms with Crippen LogP contribution < -0.4 is 11.5 Å². The standard InChI is InChI=1S/C45H48N2O2/c46-39-15-31(9-11-37(39)41-17-27-13-28(18-41)22-43(48,21-27)25-41)45(35-7-3-1-5-33(35)34-6-2-4-8-36(34)45)32-10-12-38(40(47)16-32)42-19-29-14-30(20-42)24-44(49,23-29)26-42/h1-12,15-16,27-30,48-49H,13-14,17-26,46-47H2. The van der Waals surface area contributed by atoms with E-state index in [2.05, 4.69) is 84.9 Å². The van der Waals surface area contributed by atoms with E-state index in [0.717, 1.165) is 75.6 Å². The fourth-order valence-electron chi connectivity index (χ4n) is 14.6. The molecule has 8 saturated carbocycles. The quantitative estimate of drug-likeness (QED) is 0.147. The molecular formula is C45H48N2O2. The van der Waals surface area contributed by atoms with E-state index in [0.29, 0.717) is 23.7 Å². The molecular weight excluding hydrogens is 601 g/mol. The zero-order valence-electron chi connectivity index (χ0n) is 28.4. The second-order valence-electron chi connectivity index (χ2n) is 18.4. The third-order valence-corrected chi connectivity index (χ3v) is 15.1. The topological polar surface area (TPSA) is 92.5 Å². The lowest BCUT2D eigenvalue weighted by Crippen LogP contribution is -2.57. The number of aliphatic hydroxyl groups is 2. The van der Waals surface area contributed by atoms with Crippen molar-refractivity contribution >= 4 is 11.4 Å². The first-order valence-corrected chi connectivity index (χ1v) is 19.0. The highest BCUT2D eigenvalue weighted by atomic mass is 16.3. The second-order valence-corrected chi connectivity index (χ2v) is 18.4. The number of rotatable bonds is 4. The van der Waals surface area contributed by atoms with Crippen LogP contribution in [0.3, 0.4) is 0 Å². The third-order valence-electron chi connectivity index (χ3n) is 15.1. The lowest BCUT2D eigenvalue weighted by atomic mass is 9.46. The smallest absolute Gasteiger partial charge is 0.0715 e. The number of hydrogen-bond donors (Lipinski definition) is 4. The van der Waals surface area contributed by atoms with Gasteiger partial charge in [-0.3, -0.25) is 0 Å². The van der Waals surface area contributed by atoms with Crippen LogP contribution in [-0.4, -0.2) is 21.4 Å². The molecule has 4 aromatic rings. The zero-order chi connectivity index (χ0) is 33.0. The Morgan fingerprint density at radius 1 is 0.469 bits per heavy atom. The normalized spacial score (nSPS) is 38.5. The average Bonchev–Trinajstić information content (AvgIpc) is 3.33. The number of nitrogen functional groups attached to an aromatic ring is 2. The summed E-state index contributed by atoms with van der Waals surface area (Å²) in [6.07, 6.45) is 12.6. The monoisotopic (exact) mass is 648 g/mol. The molecule has 0 amide bonds. The van der Waals surface area contributed by atoms with Gasteiger partial charge in [-0.1, -0.05) is 72.8 Å². The van der Waals surface area contributed by atoms with Crippen molar-refractivity contribution in [2.75, 3.05) is 11.5 Å². The summed E-state index contributed by atoms with van der Waals surface area (Å²) in [6, 6.07) is 31.7. The maximum atomic E-state index is 11.6. The molecule has 0 aliphatic heterocycles. The molecule has 0 aromatic heterocycles. The molecule has 4 nitrogen and oxygen atoms in total. The third kappa shape index (κ3) is 3.83. The van der Waals surface area contributed by atoms with E-state index in [1.807, 2.05) is 0 Å². The molecule has 9 aliphatic rings. The van der Waals surface area contributed by atoms with E-state index in [9.17, 15) is 10.2 Å². The lowest BCUT2D eigenvalue weighted by Gasteiger charge is -2.60. The SMILES string of the molecule is Nc1cc(C2(c3ccc(C45CC6CC(CC(O)(C6)C4)C5)c(N)c3)c3ccccc3-c3ccccc32)ccc1C12CC3CC(CC(O)(C3)C1)C2. The average molecular weight is 649 g/mol. The Labute approximate surface area is 289 Å². The van der Waals surface area contributed by atoms with Crippen molar-refractivity contribution in [1.29, 1.82) is 0 Å². The molecule has 4 atom stereocenters. The highest BCUT2D eigenvalue weighted by molar-refractivity contribution is 5.87. The predicted molar refractivity (Wildman–Crippen MR) is 195 cm³/mol. The molecule has 13 rings (SSSR count). The number of benzene rings is 4. The van der Waals surface area contributed by atoms with Crippen molar-refractivity contribution in [3.05, 3.63) is 118 Å². The Morgan fingerprint density at radius 2 is 0.857 bits per heavy atom. The molecule has 0 heterocycles. The summed E-state index contributed by atoms with van der Waals surface area (Å²) in [5, 5.41) is 23.2. The minimum Gasteiger partial charge on any atom is -0.398 e. The molecule has 250 valence electrons. The van der Waals surface area contributed by atoms with Crippen LogP contribution in [0, 0.1) is 23.7 Å². The van der Waals surface area contributed by atoms with Crippen LogP contribution in [0.2, 0.25) is 0 Å². The summed E-state index contributed by atoms with van der Waals surface area (Å²) in [4.78, 5) is 0. The molecule has 8 fully saturated rings. The molecule has 4 unspecified atom stereocenters. The highest BCUT2D eigenvalue weighted by Gasteiger charge is 2.60. The maximum Gasteiger partial charge on any atom is 0.0715 e. The van der Waals surface area contributed by atoms with Gasteiger partial charge in [0.15, 0.2) is 0 Å². The largest absolute Gasteiger partial charge is 0.398 e. The van der Waals surface area contributed by atoms with E-state index >= 15 is 0 Å². The number of hydrogen-bond acceptors (Lipinski definition) is 4. The Bertz CT molecular complexity index is 1890. The van der Waals surface area contributed by atoms with Gasteiger partial charge in [0.1, 0.15) is 0 Å². The van der Waals surface area contributed by atoms with Gasteiger partial charge in [0.25, 0.3) is 0 Å². The van der Waals surface area contributed by atoms with Crippen LogP contribution in [0.5, 0.6) is 0 Å². The molecule has 0 saturated heterocycles. The minimum atomic E-state index is -0.578. The van der Waals surface area contributed by atoms with Crippen molar-refractivity contribution in [3.8, 4) is 11.1 Å². The van der Waals surface area contributed by atoms with E-state index in [-0.39, 0.29) is 10.8 Å². The van der Waals surface area contributed by atoms with Crippen molar-refractivity contribution in [1.82, 2.24) is 0 Å². The minimum absolute atomic E-state index is 0.0336. The Hall–Kier alpha value is -3.60. The highest BCUT2D eigenvalue weighted by Crippen LogP contribution is 2.65. The number of nitrogens with two attached hydrogens (primary N) is 2. The van der Waals surface area contributed by atoms with Crippen LogP contribution >= 0.6 is 0 Å². The van der Waals surface area contributed by atoms with Crippen molar-refractivity contribution in [2.45, 2.75) is 104 Å². The number of fused-ring (bicyclic) bond motifs is 3. The molecule has 4 heteroatoms. The molecule has 4 aromatic carbocycles. The molecule has 0 spiro atoms. The Kier molecular flexibility index (Phi) is 5.59. The first kappa shape index (κ1) is 29.2. The Balaban J connectivity index is 1.09. The summed E-state index contributed by atoms with van der Waals surface area (Å²) in [7, 11) is 0. The summed E-state index contributed by atoms with van der Waals surface area (Å²) in [5.74, 6) is 2.39. The molecule has 49 heavy (non-hydrogen) atoms. The lowest BCUT2D eigenvalue weighted by molar-refractivity contribution is -0.137. The first-order chi connectivity index (χ1) is 23.6. The molecule has 9 aliphatic carbocycles. The fourth-order valence-corrected chi connectivity index (χ4v) is 14.6. The van der Waals surface area contributed by atoms with E-state index in [1.54, 1.807) is 0 Å². The van der Waals surface area contributed by atoms with Crippen LogP contribution in [-0.2, 0) is 16.2 Å². The summed E-state index contributed by atoms with van der Waals surface area (Å²) >= 11 is 0. The van der Waals surface area contributed by atoms with Gasteiger partial charge in [0.05, 0.1) is 16.6 Å². The van der Waals surface area contributed by atoms with Gasteiger partial charge in [0.2, 0.25) is 0 Å². The summed E-state index contributed by atoms with van der Waals surface area (Å²) < 4.78 is 0. The van der Waals surface area contributed by atoms with Crippen LogP contribution in [0.25, 0.3) is 11.1 Å². The van der Waals surface area contributed by atoms with E-state index in [1.165, 1.54) is 57.3 Å². The number of anilines is 2. The van der Waals surface area contributed by atoms with Gasteiger partial charge in [-0.15, -0.1) is 0 Å². The Morgan fingerprint density at radius 3 is 1.22 bits per heavy atom. The zero-order valence-corrected chi connectivity index (χ0v) is 28.4. The van der Waals surface area contributed by atoms with Gasteiger partial charge in [0, 0.05) is 22.2 Å². The van der Waals surface area contributed by atoms with E-state index in [4.69, 9.17) is 11.5 Å². The fraction of sp³-hybridized carbons (Fsp3) is 0.467. The van der Waals surface area contributed by atoms with Gasteiger partial charge in [-0.2, -0.15) is 0 Å². The summed E-state index contributed by atoms with van der Waals surface area (Å²) in [6.45, 7) is 0. The molecule has 8 bridgehead atoms. The van der Waals surface area contributed by atoms with Gasteiger partial charge in [-0.05, 0) is 157 Å². The maximum absolute atomic E-state index is 11.6. The van der Waals surface area contributed by atoms with Crippen molar-refractivity contribution in [2.24, 2.45) is 23.7 Å². The van der Waals surface area contributed by atoms with Gasteiger partial charge in [-0.25, -0.2) is 0 Å². The van der Waals surface area contributed by atoms with E-state index < -0.39 is 16.6 Å². The van der Waals surface area contributed by atoms with Crippen LogP contribution in [0.1, 0.15) is 110 Å². The summed E-state index contributed by atoms with van der Waals surface area (Å²) in [5.41, 5.74) is 24.4. The van der Waals surface area contributed by atoms with Crippen LogP contribution in [0.15, 0.2) is 84.9 Å². The molecule has 6 N–H and O–H groups in total. The first-order valence-electron chi connectivity index (χ1n) is 19.0. The van der Waals surface area contributed by atoms with Gasteiger partial charge >= 0.3 is 0 Å².